The summed E-state index contributed by atoms with van der Waals surface area (Å²) in [5.74, 6) is 0.730. The third-order valence-corrected chi connectivity index (χ3v) is 4.11. The van der Waals surface area contributed by atoms with Gasteiger partial charge in [0, 0.05) is 19.3 Å². The van der Waals surface area contributed by atoms with E-state index in [1.165, 1.54) is 36.2 Å². The van der Waals surface area contributed by atoms with E-state index in [0.717, 1.165) is 12.5 Å². The maximum absolute atomic E-state index is 3.27. The van der Waals surface area contributed by atoms with Gasteiger partial charge in [0.15, 0.2) is 0 Å². The van der Waals surface area contributed by atoms with E-state index in [1.54, 1.807) is 5.56 Å². The van der Waals surface area contributed by atoms with Crippen LogP contribution in [0.25, 0.3) is 0 Å². The van der Waals surface area contributed by atoms with Crippen molar-refractivity contribution in [3.63, 3.8) is 0 Å². The molecular weight excluding hydrogens is 208 g/mol. The topological polar surface area (TPSA) is 15.3 Å². The minimum absolute atomic E-state index is 0.730. The van der Waals surface area contributed by atoms with Crippen LogP contribution in [0.3, 0.4) is 0 Å². The van der Waals surface area contributed by atoms with Crippen molar-refractivity contribution < 1.29 is 0 Å². The first-order valence-electron chi connectivity index (χ1n) is 6.61. The fraction of sp³-hybridized carbons (Fsp3) is 0.600. The summed E-state index contributed by atoms with van der Waals surface area (Å²) in [5.41, 5.74) is 5.90. The molecule has 0 saturated carbocycles. The molecule has 1 atom stereocenters. The van der Waals surface area contributed by atoms with Crippen LogP contribution in [0.2, 0.25) is 0 Å². The summed E-state index contributed by atoms with van der Waals surface area (Å²) in [6.45, 7) is 6.76. The molecule has 1 unspecified atom stereocenters. The summed E-state index contributed by atoms with van der Waals surface area (Å²) in [4.78, 5) is 2.42. The Bertz CT molecular complexity index is 398. The molecule has 0 radical (unpaired) electrons. The zero-order valence-corrected chi connectivity index (χ0v) is 11.5. The monoisotopic (exact) mass is 232 g/mol. The molecule has 1 aliphatic heterocycles. The summed E-state index contributed by atoms with van der Waals surface area (Å²) in [5, 5.41) is 3.27. The summed E-state index contributed by atoms with van der Waals surface area (Å²) in [6, 6.07) is 4.62. The van der Waals surface area contributed by atoms with Crippen LogP contribution in [0.1, 0.15) is 35.4 Å². The molecule has 0 saturated heterocycles. The highest BCUT2D eigenvalue weighted by Crippen LogP contribution is 2.39. The number of hydrogen-bond donors (Lipinski definition) is 1. The van der Waals surface area contributed by atoms with E-state index in [1.807, 2.05) is 7.05 Å². The molecule has 0 aliphatic carbocycles. The molecule has 2 rings (SSSR count). The van der Waals surface area contributed by atoms with E-state index in [2.05, 4.69) is 43.2 Å². The quantitative estimate of drug-likeness (QED) is 0.862. The van der Waals surface area contributed by atoms with Crippen LogP contribution in [-0.4, -0.2) is 27.2 Å². The Labute approximate surface area is 105 Å². The van der Waals surface area contributed by atoms with Crippen LogP contribution in [0.5, 0.6) is 0 Å². The van der Waals surface area contributed by atoms with E-state index in [0.29, 0.717) is 0 Å². The molecule has 0 spiro atoms. The molecule has 94 valence electrons. The molecule has 0 aromatic heterocycles. The molecule has 2 heteroatoms. The van der Waals surface area contributed by atoms with Crippen molar-refractivity contribution in [1.29, 1.82) is 0 Å². The van der Waals surface area contributed by atoms with Crippen molar-refractivity contribution in [2.24, 2.45) is 0 Å². The predicted molar refractivity (Wildman–Crippen MR) is 75.1 cm³/mol. The zero-order valence-electron chi connectivity index (χ0n) is 11.5. The summed E-state index contributed by atoms with van der Waals surface area (Å²) in [6.07, 6.45) is 2.54. The van der Waals surface area contributed by atoms with Crippen molar-refractivity contribution in [3.8, 4) is 0 Å². The lowest BCUT2D eigenvalue weighted by molar-refractivity contribution is 0.538. The predicted octanol–water partition coefficient (Wildman–Crippen LogP) is 2.84. The lowest BCUT2D eigenvalue weighted by atomic mass is 9.85. The first-order chi connectivity index (χ1) is 8.15. The van der Waals surface area contributed by atoms with Crippen molar-refractivity contribution in [2.75, 3.05) is 32.1 Å². The van der Waals surface area contributed by atoms with Gasteiger partial charge in [-0.05, 0) is 62.9 Å². The number of hydrogen-bond acceptors (Lipinski definition) is 2. The molecule has 2 nitrogen and oxygen atoms in total. The van der Waals surface area contributed by atoms with Gasteiger partial charge in [0.25, 0.3) is 0 Å². The highest BCUT2D eigenvalue weighted by Gasteiger charge is 2.24. The van der Waals surface area contributed by atoms with E-state index < -0.39 is 0 Å². The Balaban J connectivity index is 2.36. The van der Waals surface area contributed by atoms with E-state index in [9.17, 15) is 0 Å². The number of anilines is 1. The average molecular weight is 232 g/mol. The Hall–Kier alpha value is -1.02. The second-order valence-electron chi connectivity index (χ2n) is 5.24. The van der Waals surface area contributed by atoms with E-state index in [-0.39, 0.29) is 0 Å². The van der Waals surface area contributed by atoms with Gasteiger partial charge in [-0.15, -0.1) is 0 Å². The molecule has 1 N–H and O–H groups in total. The Morgan fingerprint density at radius 3 is 2.82 bits per heavy atom. The number of fused-ring (bicyclic) bond motifs is 1. The Kier molecular flexibility index (Phi) is 3.72. The number of nitrogens with zero attached hydrogens (tertiary/aromatic N) is 1. The molecule has 17 heavy (non-hydrogen) atoms. The second kappa shape index (κ2) is 5.09. The highest BCUT2D eigenvalue weighted by atomic mass is 15.1. The van der Waals surface area contributed by atoms with Gasteiger partial charge in [-0.1, -0.05) is 12.1 Å². The van der Waals surface area contributed by atoms with Gasteiger partial charge in [0.2, 0.25) is 0 Å². The van der Waals surface area contributed by atoms with E-state index >= 15 is 0 Å². The largest absolute Gasteiger partial charge is 0.374 e. The summed E-state index contributed by atoms with van der Waals surface area (Å²) < 4.78 is 0. The maximum atomic E-state index is 3.27. The van der Waals surface area contributed by atoms with Crippen LogP contribution in [0.15, 0.2) is 12.1 Å². The van der Waals surface area contributed by atoms with Crippen LogP contribution >= 0.6 is 0 Å². The van der Waals surface area contributed by atoms with Gasteiger partial charge >= 0.3 is 0 Å². The standard InChI is InChI=1S/C15H24N2/c1-11-5-6-14-13(7-9-16-3)8-10-17(4)15(14)12(11)2/h5-6,13,16H,7-10H2,1-4H3. The minimum Gasteiger partial charge on any atom is -0.374 e. The Morgan fingerprint density at radius 1 is 1.35 bits per heavy atom. The maximum Gasteiger partial charge on any atom is 0.0431 e. The molecule has 1 heterocycles. The van der Waals surface area contributed by atoms with Crippen LogP contribution in [0.4, 0.5) is 5.69 Å². The molecule has 0 amide bonds. The average Bonchev–Trinajstić information content (AvgIpc) is 2.32. The lowest BCUT2D eigenvalue weighted by Gasteiger charge is -2.35. The van der Waals surface area contributed by atoms with Gasteiger partial charge in [-0.2, -0.15) is 0 Å². The number of benzene rings is 1. The zero-order chi connectivity index (χ0) is 12.4. The third-order valence-electron chi connectivity index (χ3n) is 4.11. The normalized spacial score (nSPS) is 19.3. The molecule has 0 bridgehead atoms. The fourth-order valence-electron chi connectivity index (χ4n) is 2.89. The smallest absolute Gasteiger partial charge is 0.0431 e. The summed E-state index contributed by atoms with van der Waals surface area (Å²) >= 11 is 0. The molecule has 1 aliphatic rings. The van der Waals surface area contributed by atoms with Crippen LogP contribution in [-0.2, 0) is 0 Å². The van der Waals surface area contributed by atoms with Crippen LogP contribution in [0, 0.1) is 13.8 Å². The first-order valence-corrected chi connectivity index (χ1v) is 6.61. The van der Waals surface area contributed by atoms with Crippen molar-refractivity contribution >= 4 is 5.69 Å². The number of rotatable bonds is 3. The number of nitrogens with one attached hydrogen (secondary N) is 1. The number of aryl methyl sites for hydroxylation is 1. The molecule has 1 aromatic rings. The van der Waals surface area contributed by atoms with Gasteiger partial charge < -0.3 is 10.2 Å². The SMILES string of the molecule is CNCCC1CCN(C)c2c1ccc(C)c2C. The van der Waals surface area contributed by atoms with Crippen LogP contribution < -0.4 is 10.2 Å². The Morgan fingerprint density at radius 2 is 2.12 bits per heavy atom. The van der Waals surface area contributed by atoms with Gasteiger partial charge in [0.05, 0.1) is 0 Å². The molecular formula is C15H24N2. The fourth-order valence-corrected chi connectivity index (χ4v) is 2.89. The van der Waals surface area contributed by atoms with Crippen molar-refractivity contribution in [1.82, 2.24) is 5.32 Å². The molecule has 1 aromatic carbocycles. The van der Waals surface area contributed by atoms with Crippen molar-refractivity contribution in [2.45, 2.75) is 32.6 Å². The highest BCUT2D eigenvalue weighted by molar-refractivity contribution is 5.64. The molecule has 0 fully saturated rings. The first kappa shape index (κ1) is 12.4. The van der Waals surface area contributed by atoms with Gasteiger partial charge in [-0.3, -0.25) is 0 Å². The minimum atomic E-state index is 0.730. The van der Waals surface area contributed by atoms with Crippen molar-refractivity contribution in [3.05, 3.63) is 28.8 Å². The summed E-state index contributed by atoms with van der Waals surface area (Å²) in [7, 11) is 4.26. The lowest BCUT2D eigenvalue weighted by Crippen LogP contribution is -2.29. The van der Waals surface area contributed by atoms with Gasteiger partial charge in [-0.25, -0.2) is 0 Å². The second-order valence-corrected chi connectivity index (χ2v) is 5.24. The third kappa shape index (κ3) is 2.32. The van der Waals surface area contributed by atoms with Gasteiger partial charge in [0.1, 0.15) is 0 Å². The van der Waals surface area contributed by atoms with E-state index in [4.69, 9.17) is 0 Å².